The first-order chi connectivity index (χ1) is 8.47. The van der Waals surface area contributed by atoms with Crippen LogP contribution in [0.5, 0.6) is 0 Å². The van der Waals surface area contributed by atoms with Crippen LogP contribution in [0.4, 0.5) is 5.69 Å². The summed E-state index contributed by atoms with van der Waals surface area (Å²) in [5.41, 5.74) is 1.86. The van der Waals surface area contributed by atoms with E-state index < -0.39 is 6.10 Å². The van der Waals surface area contributed by atoms with Crippen LogP contribution in [0, 0.1) is 0 Å². The highest BCUT2D eigenvalue weighted by Crippen LogP contribution is 2.30. The van der Waals surface area contributed by atoms with Gasteiger partial charge in [-0.3, -0.25) is 0 Å². The van der Waals surface area contributed by atoms with E-state index in [4.69, 9.17) is 16.3 Å². The molecule has 1 heterocycles. The first-order valence-corrected chi connectivity index (χ1v) is 6.73. The van der Waals surface area contributed by atoms with Gasteiger partial charge in [0, 0.05) is 13.1 Å². The van der Waals surface area contributed by atoms with Crippen molar-refractivity contribution in [2.24, 2.45) is 0 Å². The Morgan fingerprint density at radius 2 is 1.94 bits per heavy atom. The van der Waals surface area contributed by atoms with E-state index in [1.165, 1.54) is 0 Å². The van der Waals surface area contributed by atoms with Crippen molar-refractivity contribution >= 4 is 17.3 Å². The average Bonchev–Trinajstić information content (AvgIpc) is 2.27. The lowest BCUT2D eigenvalue weighted by molar-refractivity contribution is -0.00521. The fraction of sp³-hybridized carbons (Fsp3) is 0.571. The van der Waals surface area contributed by atoms with Gasteiger partial charge in [0.15, 0.2) is 0 Å². The van der Waals surface area contributed by atoms with Crippen LogP contribution >= 0.6 is 11.6 Å². The van der Waals surface area contributed by atoms with Crippen molar-refractivity contribution in [3.05, 3.63) is 28.8 Å². The second-order valence-electron chi connectivity index (χ2n) is 5.05. The van der Waals surface area contributed by atoms with E-state index in [9.17, 15) is 5.11 Å². The molecule has 3 atom stereocenters. The summed E-state index contributed by atoms with van der Waals surface area (Å²) in [5.74, 6) is 0. The molecule has 0 saturated carbocycles. The Morgan fingerprint density at radius 3 is 2.44 bits per heavy atom. The predicted octanol–water partition coefficient (Wildman–Crippen LogP) is 3.01. The van der Waals surface area contributed by atoms with Crippen molar-refractivity contribution in [2.45, 2.75) is 39.1 Å². The summed E-state index contributed by atoms with van der Waals surface area (Å²) in [5, 5.41) is 10.2. The third-order valence-corrected chi connectivity index (χ3v) is 3.52. The fourth-order valence-electron chi connectivity index (χ4n) is 2.41. The Bertz CT molecular complexity index is 412. The van der Waals surface area contributed by atoms with Crippen molar-refractivity contribution < 1.29 is 9.84 Å². The monoisotopic (exact) mass is 269 g/mol. The first kappa shape index (κ1) is 13.7. The molecule has 1 aromatic carbocycles. The van der Waals surface area contributed by atoms with Crippen LogP contribution in [-0.4, -0.2) is 30.4 Å². The molecule has 0 aromatic heterocycles. The topological polar surface area (TPSA) is 32.7 Å². The van der Waals surface area contributed by atoms with Crippen molar-refractivity contribution in [2.75, 3.05) is 18.0 Å². The Balaban J connectivity index is 2.22. The van der Waals surface area contributed by atoms with E-state index in [2.05, 4.69) is 18.7 Å². The van der Waals surface area contributed by atoms with E-state index >= 15 is 0 Å². The van der Waals surface area contributed by atoms with Gasteiger partial charge in [0.1, 0.15) is 0 Å². The molecule has 1 aliphatic rings. The lowest BCUT2D eigenvalue weighted by atomic mass is 10.1. The minimum atomic E-state index is -0.487. The third-order valence-electron chi connectivity index (χ3n) is 3.21. The molecule has 1 fully saturated rings. The molecule has 1 saturated heterocycles. The fourth-order valence-corrected chi connectivity index (χ4v) is 2.72. The molecule has 100 valence electrons. The van der Waals surface area contributed by atoms with Gasteiger partial charge >= 0.3 is 0 Å². The maximum absolute atomic E-state index is 9.54. The summed E-state index contributed by atoms with van der Waals surface area (Å²) < 4.78 is 5.71. The second-order valence-corrected chi connectivity index (χ2v) is 5.46. The Kier molecular flexibility index (Phi) is 4.15. The number of hydrogen-bond donors (Lipinski definition) is 1. The molecule has 3 nitrogen and oxygen atoms in total. The van der Waals surface area contributed by atoms with Gasteiger partial charge in [0.2, 0.25) is 0 Å². The first-order valence-electron chi connectivity index (χ1n) is 6.35. The lowest BCUT2D eigenvalue weighted by Gasteiger charge is -2.37. The van der Waals surface area contributed by atoms with Gasteiger partial charge in [-0.05, 0) is 38.5 Å². The van der Waals surface area contributed by atoms with E-state index in [0.717, 1.165) is 24.3 Å². The highest BCUT2D eigenvalue weighted by molar-refractivity contribution is 6.33. The van der Waals surface area contributed by atoms with Gasteiger partial charge in [-0.1, -0.05) is 17.7 Å². The summed E-state index contributed by atoms with van der Waals surface area (Å²) in [6, 6.07) is 5.75. The van der Waals surface area contributed by atoms with Crippen molar-refractivity contribution in [1.29, 1.82) is 0 Å². The third kappa shape index (κ3) is 2.97. The molecule has 0 radical (unpaired) electrons. The molecule has 4 heteroatoms. The van der Waals surface area contributed by atoms with Gasteiger partial charge in [-0.15, -0.1) is 0 Å². The van der Waals surface area contributed by atoms with Gasteiger partial charge in [-0.25, -0.2) is 0 Å². The largest absolute Gasteiger partial charge is 0.389 e. The Labute approximate surface area is 113 Å². The summed E-state index contributed by atoms with van der Waals surface area (Å²) in [4.78, 5) is 2.24. The van der Waals surface area contributed by atoms with Gasteiger partial charge in [-0.2, -0.15) is 0 Å². The summed E-state index contributed by atoms with van der Waals surface area (Å²) in [6.07, 6.45) is -0.0680. The number of halogens is 1. The number of aliphatic hydroxyl groups excluding tert-OH is 1. The quantitative estimate of drug-likeness (QED) is 0.896. The van der Waals surface area contributed by atoms with Crippen LogP contribution in [-0.2, 0) is 4.74 Å². The number of hydrogen-bond acceptors (Lipinski definition) is 3. The smallest absolute Gasteiger partial charge is 0.0762 e. The number of benzene rings is 1. The van der Waals surface area contributed by atoms with Crippen molar-refractivity contribution in [3.63, 3.8) is 0 Å². The molecule has 1 aliphatic heterocycles. The number of anilines is 1. The minimum Gasteiger partial charge on any atom is -0.389 e. The van der Waals surface area contributed by atoms with Gasteiger partial charge in [0.25, 0.3) is 0 Å². The number of aliphatic hydroxyl groups is 1. The molecule has 1 aromatic rings. The van der Waals surface area contributed by atoms with E-state index in [1.807, 2.05) is 18.2 Å². The van der Waals surface area contributed by atoms with Crippen LogP contribution in [0.15, 0.2) is 18.2 Å². The maximum atomic E-state index is 9.54. The Morgan fingerprint density at radius 1 is 1.33 bits per heavy atom. The molecule has 18 heavy (non-hydrogen) atoms. The highest BCUT2D eigenvalue weighted by atomic mass is 35.5. The number of rotatable bonds is 2. The molecule has 2 rings (SSSR count). The van der Waals surface area contributed by atoms with Crippen LogP contribution in [0.1, 0.15) is 32.4 Å². The lowest BCUT2D eigenvalue weighted by Crippen LogP contribution is -2.45. The van der Waals surface area contributed by atoms with Crippen LogP contribution < -0.4 is 4.90 Å². The zero-order valence-corrected chi connectivity index (χ0v) is 11.8. The zero-order chi connectivity index (χ0) is 13.3. The molecule has 0 bridgehead atoms. The minimum absolute atomic E-state index is 0.209. The van der Waals surface area contributed by atoms with E-state index in [-0.39, 0.29) is 12.2 Å². The van der Waals surface area contributed by atoms with E-state index in [0.29, 0.717) is 5.02 Å². The molecule has 2 unspecified atom stereocenters. The molecule has 0 amide bonds. The van der Waals surface area contributed by atoms with Crippen LogP contribution in [0.25, 0.3) is 0 Å². The molecule has 1 N–H and O–H groups in total. The molecular weight excluding hydrogens is 250 g/mol. The number of ether oxygens (including phenoxy) is 1. The second kappa shape index (κ2) is 5.47. The maximum Gasteiger partial charge on any atom is 0.0762 e. The normalized spacial score (nSPS) is 26.2. The van der Waals surface area contributed by atoms with Crippen LogP contribution in [0.3, 0.4) is 0 Å². The standard InChI is InChI=1S/C14H20ClNO2/c1-9-7-16(8-10(2)18-9)14-5-4-12(11(3)17)6-13(14)15/h4-6,9-11,17H,7-8H2,1-3H3/t9?,10?,11-/m0/s1. The molecular formula is C14H20ClNO2. The van der Waals surface area contributed by atoms with Crippen LogP contribution in [0.2, 0.25) is 5.02 Å². The zero-order valence-electron chi connectivity index (χ0n) is 11.1. The van der Waals surface area contributed by atoms with Crippen molar-refractivity contribution in [3.8, 4) is 0 Å². The average molecular weight is 270 g/mol. The number of nitrogens with zero attached hydrogens (tertiary/aromatic N) is 1. The highest BCUT2D eigenvalue weighted by Gasteiger charge is 2.23. The van der Waals surface area contributed by atoms with E-state index in [1.54, 1.807) is 6.92 Å². The SMILES string of the molecule is CC1CN(c2ccc([C@H](C)O)cc2Cl)CC(C)O1. The summed E-state index contributed by atoms with van der Waals surface area (Å²) in [7, 11) is 0. The Hall–Kier alpha value is -0.770. The molecule has 0 aliphatic carbocycles. The summed E-state index contributed by atoms with van der Waals surface area (Å²) >= 11 is 6.31. The number of morpholine rings is 1. The summed E-state index contributed by atoms with van der Waals surface area (Å²) in [6.45, 7) is 7.57. The van der Waals surface area contributed by atoms with Crippen molar-refractivity contribution in [1.82, 2.24) is 0 Å². The van der Waals surface area contributed by atoms with Gasteiger partial charge in [0.05, 0.1) is 29.0 Å². The van der Waals surface area contributed by atoms with Gasteiger partial charge < -0.3 is 14.7 Å². The molecule has 0 spiro atoms. The predicted molar refractivity (Wildman–Crippen MR) is 74.3 cm³/mol.